The van der Waals surface area contributed by atoms with Crippen molar-refractivity contribution in [1.29, 1.82) is 0 Å². The minimum Gasteiger partial charge on any atom is -0.450 e. The molecule has 2 aliphatic heterocycles. The summed E-state index contributed by atoms with van der Waals surface area (Å²) in [5.74, 6) is -0.610. The van der Waals surface area contributed by atoms with E-state index in [2.05, 4.69) is 12.2 Å². The zero-order valence-corrected chi connectivity index (χ0v) is 8.91. The van der Waals surface area contributed by atoms with Crippen LogP contribution >= 0.6 is 0 Å². The number of nitrogens with one attached hydrogen (secondary N) is 1. The highest BCUT2D eigenvalue weighted by Crippen LogP contribution is 2.40. The zero-order chi connectivity index (χ0) is 11.1. The number of carbonyl (C=O) groups excluding carboxylic acids is 2. The number of amides is 1. The lowest BCUT2D eigenvalue weighted by atomic mass is 9.70. The number of rotatable bonds is 3. The molecule has 1 amide bonds. The van der Waals surface area contributed by atoms with Crippen LogP contribution in [0.15, 0.2) is 0 Å². The second kappa shape index (κ2) is 3.48. The summed E-state index contributed by atoms with van der Waals surface area (Å²) in [4.78, 5) is 22.1. The molecule has 0 aliphatic carbocycles. The second-order valence-electron chi connectivity index (χ2n) is 4.23. The number of ether oxygens (including phenoxy) is 2. The molecule has 5 nitrogen and oxygen atoms in total. The Morgan fingerprint density at radius 2 is 2.33 bits per heavy atom. The van der Waals surface area contributed by atoms with Crippen LogP contribution in [-0.2, 0) is 19.1 Å². The van der Waals surface area contributed by atoms with Gasteiger partial charge in [0.15, 0.2) is 0 Å². The summed E-state index contributed by atoms with van der Waals surface area (Å²) in [6, 6.07) is -0.0763. The van der Waals surface area contributed by atoms with Gasteiger partial charge in [0.05, 0.1) is 19.3 Å². The van der Waals surface area contributed by atoms with E-state index in [0.29, 0.717) is 13.2 Å². The molecular weight excluding hydrogens is 198 g/mol. The number of hydrogen-bond acceptors (Lipinski definition) is 4. The number of hydrogen-bond donors (Lipinski definition) is 1. The molecule has 0 aromatic rings. The monoisotopic (exact) mass is 213 g/mol. The molecule has 2 saturated heterocycles. The summed E-state index contributed by atoms with van der Waals surface area (Å²) in [5, 5.41) is 2.80. The van der Waals surface area contributed by atoms with Crippen LogP contribution in [0.3, 0.4) is 0 Å². The smallest absolute Gasteiger partial charge is 0.303 e. The standard InChI is InChI=1S/C10H15NO4/c1-3-10(4-14-5-10)8-7(9(13)11-8)15-6(2)12/h7-8H,3-5H2,1-2H3,(H,11,13)/t7-,8-/m0/s1. The lowest BCUT2D eigenvalue weighted by Gasteiger charge is -2.52. The van der Waals surface area contributed by atoms with E-state index >= 15 is 0 Å². The highest BCUT2D eigenvalue weighted by atomic mass is 16.6. The average molecular weight is 213 g/mol. The van der Waals surface area contributed by atoms with E-state index in [0.717, 1.165) is 6.42 Å². The van der Waals surface area contributed by atoms with E-state index < -0.39 is 12.1 Å². The quantitative estimate of drug-likeness (QED) is 0.523. The van der Waals surface area contributed by atoms with Crippen molar-refractivity contribution in [2.45, 2.75) is 32.4 Å². The summed E-state index contributed by atoms with van der Waals surface area (Å²) in [5.41, 5.74) is -0.0337. The Hall–Kier alpha value is -1.10. The molecule has 0 radical (unpaired) electrons. The molecule has 84 valence electrons. The van der Waals surface area contributed by atoms with Gasteiger partial charge in [-0.3, -0.25) is 9.59 Å². The van der Waals surface area contributed by atoms with E-state index in [-0.39, 0.29) is 17.4 Å². The lowest BCUT2D eigenvalue weighted by molar-refractivity contribution is -0.195. The van der Waals surface area contributed by atoms with Gasteiger partial charge in [0, 0.05) is 12.3 Å². The number of esters is 1. The van der Waals surface area contributed by atoms with Gasteiger partial charge in [-0.25, -0.2) is 0 Å². The molecule has 0 spiro atoms. The van der Waals surface area contributed by atoms with Crippen molar-refractivity contribution in [1.82, 2.24) is 5.32 Å². The summed E-state index contributed by atoms with van der Waals surface area (Å²) >= 11 is 0. The number of carbonyl (C=O) groups is 2. The predicted octanol–water partition coefficient (Wildman–Crippen LogP) is -0.157. The predicted molar refractivity (Wildman–Crippen MR) is 51.0 cm³/mol. The fourth-order valence-electron chi connectivity index (χ4n) is 2.11. The van der Waals surface area contributed by atoms with Gasteiger partial charge in [0.2, 0.25) is 6.10 Å². The van der Waals surface area contributed by atoms with E-state index in [1.54, 1.807) is 0 Å². The Bertz CT molecular complexity index is 292. The van der Waals surface area contributed by atoms with E-state index in [1.807, 2.05) is 0 Å². The van der Waals surface area contributed by atoms with Crippen LogP contribution in [0, 0.1) is 5.41 Å². The normalized spacial score (nSPS) is 32.3. The fraction of sp³-hybridized carbons (Fsp3) is 0.800. The molecule has 2 heterocycles. The molecular formula is C10H15NO4. The molecule has 0 aromatic carbocycles. The molecule has 0 aromatic heterocycles. The van der Waals surface area contributed by atoms with Crippen molar-refractivity contribution in [3.05, 3.63) is 0 Å². The first kappa shape index (κ1) is 10.4. The van der Waals surface area contributed by atoms with Gasteiger partial charge in [-0.1, -0.05) is 6.92 Å². The maximum atomic E-state index is 11.2. The van der Waals surface area contributed by atoms with Crippen molar-refractivity contribution in [3.63, 3.8) is 0 Å². The van der Waals surface area contributed by atoms with Gasteiger partial charge in [0.25, 0.3) is 5.91 Å². The van der Waals surface area contributed by atoms with E-state index in [1.165, 1.54) is 6.92 Å². The molecule has 1 N–H and O–H groups in total. The summed E-state index contributed by atoms with van der Waals surface area (Å²) in [7, 11) is 0. The summed E-state index contributed by atoms with van der Waals surface area (Å²) in [6.07, 6.45) is 0.293. The van der Waals surface area contributed by atoms with Crippen molar-refractivity contribution in [2.75, 3.05) is 13.2 Å². The molecule has 15 heavy (non-hydrogen) atoms. The first-order chi connectivity index (χ1) is 7.09. The van der Waals surface area contributed by atoms with Crippen LogP contribution in [0.25, 0.3) is 0 Å². The largest absolute Gasteiger partial charge is 0.450 e. The third-order valence-electron chi connectivity index (χ3n) is 3.29. The molecule has 2 atom stereocenters. The van der Waals surface area contributed by atoms with E-state index in [4.69, 9.17) is 9.47 Å². The van der Waals surface area contributed by atoms with Crippen LogP contribution in [0.4, 0.5) is 0 Å². The van der Waals surface area contributed by atoms with E-state index in [9.17, 15) is 9.59 Å². The Labute approximate surface area is 88.1 Å². The molecule has 2 fully saturated rings. The van der Waals surface area contributed by atoms with Gasteiger partial charge in [0.1, 0.15) is 0 Å². The third-order valence-corrected chi connectivity index (χ3v) is 3.29. The van der Waals surface area contributed by atoms with Gasteiger partial charge < -0.3 is 14.8 Å². The maximum absolute atomic E-state index is 11.2. The van der Waals surface area contributed by atoms with Crippen LogP contribution in [0.1, 0.15) is 20.3 Å². The Balaban J connectivity index is 2.04. The van der Waals surface area contributed by atoms with Gasteiger partial charge >= 0.3 is 5.97 Å². The van der Waals surface area contributed by atoms with Crippen LogP contribution < -0.4 is 5.32 Å². The molecule has 2 aliphatic rings. The second-order valence-corrected chi connectivity index (χ2v) is 4.23. The van der Waals surface area contributed by atoms with Gasteiger partial charge in [-0.2, -0.15) is 0 Å². The van der Waals surface area contributed by atoms with Crippen LogP contribution in [0.2, 0.25) is 0 Å². The zero-order valence-electron chi connectivity index (χ0n) is 8.91. The fourth-order valence-corrected chi connectivity index (χ4v) is 2.11. The molecule has 5 heteroatoms. The first-order valence-electron chi connectivity index (χ1n) is 5.14. The maximum Gasteiger partial charge on any atom is 0.303 e. The van der Waals surface area contributed by atoms with Crippen molar-refractivity contribution in [2.24, 2.45) is 5.41 Å². The van der Waals surface area contributed by atoms with Crippen molar-refractivity contribution >= 4 is 11.9 Å². The Morgan fingerprint density at radius 3 is 2.67 bits per heavy atom. The highest BCUT2D eigenvalue weighted by Gasteiger charge is 2.57. The molecule has 0 bridgehead atoms. The molecule has 0 saturated carbocycles. The minimum absolute atomic E-state index is 0.0337. The van der Waals surface area contributed by atoms with Crippen molar-refractivity contribution in [3.8, 4) is 0 Å². The average Bonchev–Trinajstić information content (AvgIpc) is 2.12. The SMILES string of the molecule is CCC1([C@H]2NC(=O)[C@H]2OC(C)=O)COC1. The minimum atomic E-state index is -0.619. The number of β-lactam (4-membered cyclic amide) rings is 1. The summed E-state index contributed by atoms with van der Waals surface area (Å²) < 4.78 is 10.2. The van der Waals surface area contributed by atoms with Crippen LogP contribution in [-0.4, -0.2) is 37.2 Å². The van der Waals surface area contributed by atoms with Crippen LogP contribution in [0.5, 0.6) is 0 Å². The Kier molecular flexibility index (Phi) is 2.42. The Morgan fingerprint density at radius 1 is 1.67 bits per heavy atom. The lowest BCUT2D eigenvalue weighted by Crippen LogP contribution is -2.74. The summed E-state index contributed by atoms with van der Waals surface area (Å²) in [6.45, 7) is 4.63. The van der Waals surface area contributed by atoms with Crippen molar-refractivity contribution < 1.29 is 19.1 Å². The first-order valence-corrected chi connectivity index (χ1v) is 5.14. The molecule has 0 unspecified atom stereocenters. The highest BCUT2D eigenvalue weighted by molar-refractivity contribution is 5.90. The van der Waals surface area contributed by atoms with Gasteiger partial charge in [-0.05, 0) is 6.42 Å². The molecule has 2 rings (SSSR count). The third kappa shape index (κ3) is 1.51. The van der Waals surface area contributed by atoms with Gasteiger partial charge in [-0.15, -0.1) is 0 Å². The topological polar surface area (TPSA) is 64.6 Å².